The van der Waals surface area contributed by atoms with Gasteiger partial charge in [0.2, 0.25) is 0 Å². The van der Waals surface area contributed by atoms with Crippen LogP contribution < -0.4 is 5.73 Å². The topological polar surface area (TPSA) is 42.4 Å². The number of furan rings is 1. The highest BCUT2D eigenvalue weighted by Gasteiger charge is 2.23. The van der Waals surface area contributed by atoms with Crippen LogP contribution in [0, 0.1) is 5.92 Å². The second kappa shape index (κ2) is 6.39. The van der Waals surface area contributed by atoms with Gasteiger partial charge in [-0.2, -0.15) is 0 Å². The predicted molar refractivity (Wildman–Crippen MR) is 74.1 cm³/mol. The molecule has 0 aliphatic heterocycles. The molecule has 0 bridgehead atoms. The number of hydrogen-bond acceptors (Lipinski definition) is 3. The van der Waals surface area contributed by atoms with Crippen LogP contribution >= 0.6 is 0 Å². The molecule has 0 spiro atoms. The smallest absolute Gasteiger partial charge is 0.118 e. The molecule has 102 valence electrons. The molecular formula is C15H26N2O. The second-order valence-corrected chi connectivity index (χ2v) is 5.89. The zero-order valence-corrected chi connectivity index (χ0v) is 11.7. The Morgan fingerprint density at radius 1 is 1.39 bits per heavy atom. The van der Waals surface area contributed by atoms with Crippen LogP contribution in [-0.2, 0) is 13.1 Å². The molecule has 0 aromatic carbocycles. The average molecular weight is 250 g/mol. The van der Waals surface area contributed by atoms with Gasteiger partial charge in [-0.3, -0.25) is 4.90 Å². The summed E-state index contributed by atoms with van der Waals surface area (Å²) in [6, 6.07) is 2.85. The highest BCUT2D eigenvalue weighted by atomic mass is 16.3. The Kier molecular flexibility index (Phi) is 4.84. The predicted octanol–water partition coefficient (Wildman–Crippen LogP) is 3.14. The van der Waals surface area contributed by atoms with E-state index >= 15 is 0 Å². The van der Waals surface area contributed by atoms with Gasteiger partial charge in [-0.15, -0.1) is 0 Å². The lowest BCUT2D eigenvalue weighted by atomic mass is 10.1. The van der Waals surface area contributed by atoms with Gasteiger partial charge >= 0.3 is 0 Å². The highest BCUT2D eigenvalue weighted by Crippen LogP contribution is 2.26. The lowest BCUT2D eigenvalue weighted by molar-refractivity contribution is 0.156. The Morgan fingerprint density at radius 3 is 2.67 bits per heavy atom. The van der Waals surface area contributed by atoms with E-state index in [1.54, 1.807) is 6.26 Å². The maximum Gasteiger partial charge on any atom is 0.118 e. The van der Waals surface area contributed by atoms with Crippen molar-refractivity contribution in [3.63, 3.8) is 0 Å². The fraction of sp³-hybridized carbons (Fsp3) is 0.733. The zero-order chi connectivity index (χ0) is 13.0. The monoisotopic (exact) mass is 250 g/mol. The van der Waals surface area contributed by atoms with E-state index < -0.39 is 0 Å². The maximum absolute atomic E-state index is 5.62. The SMILES string of the molecule is CC(C)CN(Cc1cc(CN)co1)C1CCCC1. The van der Waals surface area contributed by atoms with Crippen LogP contribution in [-0.4, -0.2) is 17.5 Å². The fourth-order valence-corrected chi connectivity index (χ4v) is 2.90. The largest absolute Gasteiger partial charge is 0.468 e. The van der Waals surface area contributed by atoms with E-state index in [1.807, 2.05) is 0 Å². The summed E-state index contributed by atoms with van der Waals surface area (Å²) in [4.78, 5) is 2.59. The minimum Gasteiger partial charge on any atom is -0.468 e. The number of nitrogens with two attached hydrogens (primary N) is 1. The van der Waals surface area contributed by atoms with Crippen LogP contribution in [0.4, 0.5) is 0 Å². The minimum absolute atomic E-state index is 0.567. The van der Waals surface area contributed by atoms with Crippen LogP contribution in [0.3, 0.4) is 0 Å². The van der Waals surface area contributed by atoms with Crippen molar-refractivity contribution in [3.8, 4) is 0 Å². The van der Waals surface area contributed by atoms with Gasteiger partial charge in [0, 0.05) is 24.7 Å². The van der Waals surface area contributed by atoms with Crippen molar-refractivity contribution >= 4 is 0 Å². The van der Waals surface area contributed by atoms with Gasteiger partial charge in [-0.1, -0.05) is 26.7 Å². The molecule has 3 nitrogen and oxygen atoms in total. The first-order valence-electron chi connectivity index (χ1n) is 7.19. The fourth-order valence-electron chi connectivity index (χ4n) is 2.90. The van der Waals surface area contributed by atoms with Gasteiger partial charge in [-0.25, -0.2) is 0 Å². The molecule has 0 amide bonds. The quantitative estimate of drug-likeness (QED) is 0.843. The van der Waals surface area contributed by atoms with Crippen molar-refractivity contribution in [1.82, 2.24) is 4.90 Å². The van der Waals surface area contributed by atoms with Gasteiger partial charge < -0.3 is 10.2 Å². The van der Waals surface area contributed by atoms with Crippen molar-refractivity contribution < 1.29 is 4.42 Å². The van der Waals surface area contributed by atoms with Gasteiger partial charge in [-0.05, 0) is 24.8 Å². The average Bonchev–Trinajstić information content (AvgIpc) is 2.98. The summed E-state index contributed by atoms with van der Waals surface area (Å²) in [7, 11) is 0. The Morgan fingerprint density at radius 2 is 2.11 bits per heavy atom. The van der Waals surface area contributed by atoms with Crippen LogP contribution in [0.25, 0.3) is 0 Å². The number of rotatable bonds is 6. The molecular weight excluding hydrogens is 224 g/mol. The normalized spacial score (nSPS) is 17.2. The molecule has 0 radical (unpaired) electrons. The summed E-state index contributed by atoms with van der Waals surface area (Å²) >= 11 is 0. The lowest BCUT2D eigenvalue weighted by Crippen LogP contribution is -2.35. The third-order valence-corrected chi connectivity index (χ3v) is 3.74. The summed E-state index contributed by atoms with van der Waals surface area (Å²) in [5, 5.41) is 0. The summed E-state index contributed by atoms with van der Waals surface area (Å²) in [5.74, 6) is 1.76. The van der Waals surface area contributed by atoms with Gasteiger partial charge in [0.15, 0.2) is 0 Å². The molecule has 1 aromatic rings. The van der Waals surface area contributed by atoms with Crippen molar-refractivity contribution in [2.24, 2.45) is 11.7 Å². The van der Waals surface area contributed by atoms with Crippen LogP contribution in [0.5, 0.6) is 0 Å². The van der Waals surface area contributed by atoms with E-state index in [1.165, 1.54) is 25.7 Å². The molecule has 2 N–H and O–H groups in total. The molecule has 2 rings (SSSR count). The summed E-state index contributed by atoms with van der Waals surface area (Å²) < 4.78 is 5.61. The third kappa shape index (κ3) is 3.59. The third-order valence-electron chi connectivity index (χ3n) is 3.74. The molecule has 0 atom stereocenters. The first kappa shape index (κ1) is 13.6. The van der Waals surface area contributed by atoms with Crippen molar-refractivity contribution in [2.75, 3.05) is 6.54 Å². The van der Waals surface area contributed by atoms with Crippen molar-refractivity contribution in [3.05, 3.63) is 23.7 Å². The van der Waals surface area contributed by atoms with E-state index in [0.29, 0.717) is 12.5 Å². The van der Waals surface area contributed by atoms with E-state index in [-0.39, 0.29) is 0 Å². The van der Waals surface area contributed by atoms with Gasteiger partial charge in [0.25, 0.3) is 0 Å². The number of nitrogens with zero attached hydrogens (tertiary/aromatic N) is 1. The Bertz CT molecular complexity index is 353. The van der Waals surface area contributed by atoms with Gasteiger partial charge in [0.05, 0.1) is 12.8 Å². The molecule has 1 aliphatic rings. The van der Waals surface area contributed by atoms with E-state index in [9.17, 15) is 0 Å². The molecule has 1 saturated carbocycles. The zero-order valence-electron chi connectivity index (χ0n) is 11.7. The molecule has 1 aliphatic carbocycles. The first-order chi connectivity index (χ1) is 8.69. The Hall–Kier alpha value is -0.800. The van der Waals surface area contributed by atoms with Crippen molar-refractivity contribution in [2.45, 2.75) is 58.7 Å². The molecule has 0 saturated heterocycles. The lowest BCUT2D eigenvalue weighted by Gasteiger charge is -2.29. The minimum atomic E-state index is 0.567. The van der Waals surface area contributed by atoms with Crippen LogP contribution in [0.15, 0.2) is 16.7 Å². The second-order valence-electron chi connectivity index (χ2n) is 5.89. The molecule has 1 aromatic heterocycles. The molecule has 1 heterocycles. The van der Waals surface area contributed by atoms with Crippen LogP contribution in [0.2, 0.25) is 0 Å². The standard InChI is InChI=1S/C15H26N2O/c1-12(2)9-17(14-5-3-4-6-14)10-15-7-13(8-16)11-18-15/h7,11-12,14H,3-6,8-10,16H2,1-2H3. The summed E-state index contributed by atoms with van der Waals surface area (Å²) in [6.45, 7) is 7.23. The maximum atomic E-state index is 5.62. The molecule has 3 heteroatoms. The van der Waals surface area contributed by atoms with E-state index in [0.717, 1.165) is 30.5 Å². The summed E-state index contributed by atoms with van der Waals surface area (Å²) in [6.07, 6.45) is 7.24. The highest BCUT2D eigenvalue weighted by molar-refractivity contribution is 5.12. The van der Waals surface area contributed by atoms with Crippen LogP contribution in [0.1, 0.15) is 50.9 Å². The number of hydrogen-bond donors (Lipinski definition) is 1. The van der Waals surface area contributed by atoms with Gasteiger partial charge in [0.1, 0.15) is 5.76 Å². The molecule has 1 fully saturated rings. The molecule has 0 unspecified atom stereocenters. The molecule has 18 heavy (non-hydrogen) atoms. The van der Waals surface area contributed by atoms with Crippen molar-refractivity contribution in [1.29, 1.82) is 0 Å². The Balaban J connectivity index is 1.99. The van der Waals surface area contributed by atoms with E-state index in [2.05, 4.69) is 24.8 Å². The van der Waals surface area contributed by atoms with E-state index in [4.69, 9.17) is 10.2 Å². The first-order valence-corrected chi connectivity index (χ1v) is 7.19. The summed E-state index contributed by atoms with van der Waals surface area (Å²) in [5.41, 5.74) is 6.72. The Labute approximate surface area is 110 Å².